The summed E-state index contributed by atoms with van der Waals surface area (Å²) in [6.07, 6.45) is 0.262. The molecular weight excluding hydrogens is 400 g/mol. The lowest BCUT2D eigenvalue weighted by Gasteiger charge is -2.34. The molecule has 0 aliphatic carbocycles. The quantitative estimate of drug-likeness (QED) is 0.717. The third-order valence-corrected chi connectivity index (χ3v) is 6.78. The van der Waals surface area contributed by atoms with E-state index in [1.807, 2.05) is 31.2 Å². The molecule has 1 aliphatic rings. The lowest BCUT2D eigenvalue weighted by molar-refractivity contribution is -0.132. The van der Waals surface area contributed by atoms with Crippen molar-refractivity contribution in [3.8, 4) is 5.75 Å². The fourth-order valence-corrected chi connectivity index (χ4v) is 4.60. The van der Waals surface area contributed by atoms with Gasteiger partial charge in [0.25, 0.3) is 0 Å². The van der Waals surface area contributed by atoms with Gasteiger partial charge in [-0.25, -0.2) is 8.42 Å². The minimum Gasteiger partial charge on any atom is -0.493 e. The van der Waals surface area contributed by atoms with Crippen molar-refractivity contribution < 1.29 is 17.9 Å². The van der Waals surface area contributed by atoms with Gasteiger partial charge in [-0.2, -0.15) is 4.31 Å². The molecule has 3 rings (SSSR count). The zero-order valence-electron chi connectivity index (χ0n) is 15.7. The molecule has 1 aliphatic heterocycles. The van der Waals surface area contributed by atoms with Crippen LogP contribution in [0.15, 0.2) is 53.4 Å². The van der Waals surface area contributed by atoms with E-state index >= 15 is 0 Å². The Morgan fingerprint density at radius 3 is 2.39 bits per heavy atom. The number of hydrogen-bond acceptors (Lipinski definition) is 4. The Morgan fingerprint density at radius 1 is 1.07 bits per heavy atom. The third-order valence-electron chi connectivity index (χ3n) is 4.62. The molecule has 1 heterocycles. The molecule has 0 bridgehead atoms. The topological polar surface area (TPSA) is 66.9 Å². The number of piperazine rings is 1. The SMILES string of the molecule is Cc1cccc(OCCC(=O)N2CCN(S(=O)(=O)c3ccc(Cl)cc3)CC2)c1. The van der Waals surface area contributed by atoms with Gasteiger partial charge in [-0.1, -0.05) is 23.7 Å². The number of halogens is 1. The molecule has 0 spiro atoms. The summed E-state index contributed by atoms with van der Waals surface area (Å²) in [5.41, 5.74) is 1.10. The number of ether oxygens (including phenoxy) is 1. The largest absolute Gasteiger partial charge is 0.493 e. The van der Waals surface area contributed by atoms with E-state index in [0.29, 0.717) is 24.7 Å². The summed E-state index contributed by atoms with van der Waals surface area (Å²) >= 11 is 5.83. The van der Waals surface area contributed by atoms with Crippen molar-refractivity contribution in [3.63, 3.8) is 0 Å². The Hall–Kier alpha value is -2.09. The van der Waals surface area contributed by atoms with E-state index < -0.39 is 10.0 Å². The van der Waals surface area contributed by atoms with Gasteiger partial charge in [0.15, 0.2) is 0 Å². The second-order valence-electron chi connectivity index (χ2n) is 6.65. The van der Waals surface area contributed by atoms with Gasteiger partial charge in [0, 0.05) is 31.2 Å². The van der Waals surface area contributed by atoms with Gasteiger partial charge in [0.2, 0.25) is 15.9 Å². The third kappa shape index (κ3) is 5.04. The molecule has 1 amide bonds. The van der Waals surface area contributed by atoms with Crippen LogP contribution in [0.4, 0.5) is 0 Å². The van der Waals surface area contributed by atoms with Gasteiger partial charge in [-0.15, -0.1) is 0 Å². The van der Waals surface area contributed by atoms with Crippen LogP contribution in [0, 0.1) is 6.92 Å². The average Bonchev–Trinajstić information content (AvgIpc) is 2.68. The number of amides is 1. The monoisotopic (exact) mass is 422 g/mol. The van der Waals surface area contributed by atoms with Crippen molar-refractivity contribution in [2.24, 2.45) is 0 Å². The van der Waals surface area contributed by atoms with Gasteiger partial charge < -0.3 is 9.64 Å². The molecule has 2 aromatic rings. The molecule has 0 aromatic heterocycles. The minimum absolute atomic E-state index is 0.0313. The zero-order valence-corrected chi connectivity index (χ0v) is 17.2. The number of hydrogen-bond donors (Lipinski definition) is 0. The van der Waals surface area contributed by atoms with Crippen LogP contribution >= 0.6 is 11.6 Å². The Kier molecular flexibility index (Phi) is 6.59. The molecule has 150 valence electrons. The molecule has 8 heteroatoms. The fourth-order valence-electron chi connectivity index (χ4n) is 3.05. The van der Waals surface area contributed by atoms with Crippen LogP contribution < -0.4 is 4.74 Å². The lowest BCUT2D eigenvalue weighted by Crippen LogP contribution is -2.50. The van der Waals surface area contributed by atoms with Crippen LogP contribution in [0.5, 0.6) is 5.75 Å². The maximum absolute atomic E-state index is 12.7. The molecule has 6 nitrogen and oxygen atoms in total. The second kappa shape index (κ2) is 8.94. The second-order valence-corrected chi connectivity index (χ2v) is 9.03. The Morgan fingerprint density at radius 2 is 1.75 bits per heavy atom. The molecular formula is C20H23ClN2O4S. The molecule has 1 fully saturated rings. The van der Waals surface area contributed by atoms with Gasteiger partial charge in [-0.3, -0.25) is 4.79 Å². The first kappa shape index (κ1) is 20.6. The molecule has 0 atom stereocenters. The van der Waals surface area contributed by atoms with Crippen LogP contribution in [0.3, 0.4) is 0 Å². The first-order valence-electron chi connectivity index (χ1n) is 9.09. The van der Waals surface area contributed by atoms with Crippen LogP contribution in [0.1, 0.15) is 12.0 Å². The standard InChI is InChI=1S/C20H23ClN2O4S/c1-16-3-2-4-18(15-16)27-14-9-20(24)22-10-12-23(13-11-22)28(25,26)19-7-5-17(21)6-8-19/h2-8,15H,9-14H2,1H3. The molecule has 0 unspecified atom stereocenters. The summed E-state index contributed by atoms with van der Waals surface area (Å²) in [4.78, 5) is 14.3. The highest BCUT2D eigenvalue weighted by atomic mass is 35.5. The summed E-state index contributed by atoms with van der Waals surface area (Å²) in [5, 5.41) is 0.488. The number of benzene rings is 2. The van der Waals surface area contributed by atoms with E-state index in [4.69, 9.17) is 16.3 Å². The highest BCUT2D eigenvalue weighted by molar-refractivity contribution is 7.89. The van der Waals surface area contributed by atoms with E-state index in [9.17, 15) is 13.2 Å². The van der Waals surface area contributed by atoms with Crippen molar-refractivity contribution in [3.05, 3.63) is 59.1 Å². The van der Waals surface area contributed by atoms with Crippen LogP contribution in [0.25, 0.3) is 0 Å². The smallest absolute Gasteiger partial charge is 0.243 e. The van der Waals surface area contributed by atoms with E-state index in [-0.39, 0.29) is 30.3 Å². The molecule has 2 aromatic carbocycles. The summed E-state index contributed by atoms with van der Waals surface area (Å²) < 4.78 is 32.4. The molecule has 0 radical (unpaired) electrons. The van der Waals surface area contributed by atoms with Crippen molar-refractivity contribution in [1.82, 2.24) is 9.21 Å². The Balaban J connectivity index is 1.49. The number of carbonyl (C=O) groups excluding carboxylic acids is 1. The van der Waals surface area contributed by atoms with Gasteiger partial charge in [0.05, 0.1) is 17.9 Å². The molecule has 0 saturated carbocycles. The Labute approximate surface area is 170 Å². The van der Waals surface area contributed by atoms with Gasteiger partial charge in [0.1, 0.15) is 5.75 Å². The summed E-state index contributed by atoms with van der Waals surface area (Å²) in [6, 6.07) is 13.8. The minimum atomic E-state index is -3.57. The predicted molar refractivity (Wildman–Crippen MR) is 108 cm³/mol. The highest BCUT2D eigenvalue weighted by Crippen LogP contribution is 2.20. The maximum Gasteiger partial charge on any atom is 0.243 e. The van der Waals surface area contributed by atoms with E-state index in [2.05, 4.69) is 0 Å². The van der Waals surface area contributed by atoms with Crippen molar-refractivity contribution in [2.45, 2.75) is 18.2 Å². The van der Waals surface area contributed by atoms with Crippen LogP contribution in [-0.4, -0.2) is 56.3 Å². The zero-order chi connectivity index (χ0) is 20.1. The van der Waals surface area contributed by atoms with Crippen LogP contribution in [0.2, 0.25) is 5.02 Å². The Bertz CT molecular complexity index is 923. The average molecular weight is 423 g/mol. The van der Waals surface area contributed by atoms with E-state index in [1.165, 1.54) is 16.4 Å². The summed E-state index contributed by atoms with van der Waals surface area (Å²) in [6.45, 7) is 3.57. The van der Waals surface area contributed by atoms with Crippen molar-refractivity contribution in [1.29, 1.82) is 0 Å². The van der Waals surface area contributed by atoms with Crippen molar-refractivity contribution in [2.75, 3.05) is 32.8 Å². The van der Waals surface area contributed by atoms with E-state index in [1.54, 1.807) is 17.0 Å². The lowest BCUT2D eigenvalue weighted by atomic mass is 10.2. The number of carbonyl (C=O) groups is 1. The number of nitrogens with zero attached hydrogens (tertiary/aromatic N) is 2. The maximum atomic E-state index is 12.7. The predicted octanol–water partition coefficient (Wildman–Crippen LogP) is 2.95. The van der Waals surface area contributed by atoms with Gasteiger partial charge in [-0.05, 0) is 48.9 Å². The molecule has 0 N–H and O–H groups in total. The highest BCUT2D eigenvalue weighted by Gasteiger charge is 2.29. The number of rotatable bonds is 6. The number of sulfonamides is 1. The van der Waals surface area contributed by atoms with Crippen LogP contribution in [-0.2, 0) is 14.8 Å². The summed E-state index contributed by atoms with van der Waals surface area (Å²) in [7, 11) is -3.57. The molecule has 1 saturated heterocycles. The molecule has 28 heavy (non-hydrogen) atoms. The normalized spacial score (nSPS) is 15.4. The fraction of sp³-hybridized carbons (Fsp3) is 0.350. The first-order chi connectivity index (χ1) is 13.4. The van der Waals surface area contributed by atoms with E-state index in [0.717, 1.165) is 11.3 Å². The summed E-state index contributed by atoms with van der Waals surface area (Å²) in [5.74, 6) is 0.711. The van der Waals surface area contributed by atoms with Gasteiger partial charge >= 0.3 is 0 Å². The van der Waals surface area contributed by atoms with Crippen molar-refractivity contribution >= 4 is 27.5 Å². The number of aryl methyl sites for hydroxylation is 1. The first-order valence-corrected chi connectivity index (χ1v) is 10.9.